The van der Waals surface area contributed by atoms with E-state index in [1.165, 1.54) is 11.8 Å². The molecule has 6 nitrogen and oxygen atoms in total. The third kappa shape index (κ3) is 3.99. The van der Waals surface area contributed by atoms with Gasteiger partial charge in [0.1, 0.15) is 5.82 Å². The number of carbonyl (C=O) groups excluding carboxylic acids is 1. The molecule has 7 heteroatoms. The summed E-state index contributed by atoms with van der Waals surface area (Å²) in [5.74, 6) is 1.94. The molecular formula is C17H17N5OS. The fourth-order valence-electron chi connectivity index (χ4n) is 2.16. The summed E-state index contributed by atoms with van der Waals surface area (Å²) in [5, 5.41) is 12.0. The normalized spacial score (nSPS) is 10.5. The Bertz CT molecular complexity index is 804. The van der Waals surface area contributed by atoms with Crippen molar-refractivity contribution in [3.05, 3.63) is 54.7 Å². The van der Waals surface area contributed by atoms with Gasteiger partial charge in [-0.2, -0.15) is 0 Å². The molecule has 0 fully saturated rings. The van der Waals surface area contributed by atoms with Crippen LogP contribution in [0.4, 0.5) is 5.82 Å². The highest BCUT2D eigenvalue weighted by Gasteiger charge is 2.11. The molecule has 1 amide bonds. The topological polar surface area (TPSA) is 72.7 Å². The van der Waals surface area contributed by atoms with E-state index in [9.17, 15) is 4.79 Å². The van der Waals surface area contributed by atoms with Crippen LogP contribution >= 0.6 is 11.8 Å². The van der Waals surface area contributed by atoms with Gasteiger partial charge in [0, 0.05) is 31.0 Å². The second-order valence-corrected chi connectivity index (χ2v) is 6.15. The van der Waals surface area contributed by atoms with Crippen molar-refractivity contribution in [2.45, 2.75) is 11.6 Å². The molecule has 0 aliphatic carbocycles. The molecule has 2 heterocycles. The summed E-state index contributed by atoms with van der Waals surface area (Å²) in [4.78, 5) is 16.0. The number of benzene rings is 1. The Labute approximate surface area is 144 Å². The summed E-state index contributed by atoms with van der Waals surface area (Å²) in [6, 6.07) is 15.3. The fraction of sp³-hybridized carbons (Fsp3) is 0.176. The minimum absolute atomic E-state index is 0.0633. The van der Waals surface area contributed by atoms with Crippen molar-refractivity contribution < 1.29 is 4.79 Å². The lowest BCUT2D eigenvalue weighted by molar-refractivity contribution is -0.115. The molecule has 24 heavy (non-hydrogen) atoms. The first-order valence-electron chi connectivity index (χ1n) is 7.52. The molecule has 2 aromatic heterocycles. The number of rotatable bonds is 6. The van der Waals surface area contributed by atoms with E-state index in [4.69, 9.17) is 0 Å². The van der Waals surface area contributed by atoms with E-state index in [0.29, 0.717) is 18.0 Å². The third-order valence-corrected chi connectivity index (χ3v) is 4.38. The van der Waals surface area contributed by atoms with Gasteiger partial charge in [-0.1, -0.05) is 48.2 Å². The first-order valence-corrected chi connectivity index (χ1v) is 8.51. The average molecular weight is 339 g/mol. The molecule has 0 unspecified atom stereocenters. The number of anilines is 1. The molecule has 3 rings (SSSR count). The van der Waals surface area contributed by atoms with Gasteiger partial charge in [-0.3, -0.25) is 4.79 Å². The largest absolute Gasteiger partial charge is 0.311 e. The van der Waals surface area contributed by atoms with Crippen LogP contribution in [-0.4, -0.2) is 31.4 Å². The molecule has 0 radical (unpaired) electrons. The lowest BCUT2D eigenvalue weighted by atomic mass is 10.2. The lowest BCUT2D eigenvalue weighted by Crippen LogP contribution is -2.13. The Morgan fingerprint density at radius 2 is 1.92 bits per heavy atom. The maximum atomic E-state index is 11.9. The molecule has 122 valence electrons. The molecular weight excluding hydrogens is 322 g/mol. The highest BCUT2D eigenvalue weighted by molar-refractivity contribution is 7.99. The minimum atomic E-state index is -0.0633. The van der Waals surface area contributed by atoms with Crippen LogP contribution in [0.25, 0.3) is 11.4 Å². The van der Waals surface area contributed by atoms with Crippen LogP contribution in [0, 0.1) is 0 Å². The van der Waals surface area contributed by atoms with Crippen molar-refractivity contribution in [3.63, 3.8) is 0 Å². The second-order valence-electron chi connectivity index (χ2n) is 5.09. The SMILES string of the molecule is Cn1c(SCCC(=O)Nc2ccccn2)nnc1-c1ccccc1. The Balaban J connectivity index is 1.54. The molecule has 3 aromatic rings. The van der Waals surface area contributed by atoms with Crippen LogP contribution in [-0.2, 0) is 11.8 Å². The van der Waals surface area contributed by atoms with Gasteiger partial charge in [0.05, 0.1) is 0 Å². The van der Waals surface area contributed by atoms with Gasteiger partial charge in [-0.15, -0.1) is 10.2 Å². The minimum Gasteiger partial charge on any atom is -0.311 e. The molecule has 0 saturated heterocycles. The summed E-state index contributed by atoms with van der Waals surface area (Å²) >= 11 is 1.51. The predicted molar refractivity (Wildman–Crippen MR) is 94.6 cm³/mol. The van der Waals surface area contributed by atoms with Gasteiger partial charge in [-0.25, -0.2) is 4.98 Å². The van der Waals surface area contributed by atoms with Gasteiger partial charge < -0.3 is 9.88 Å². The maximum Gasteiger partial charge on any atom is 0.226 e. The van der Waals surface area contributed by atoms with E-state index >= 15 is 0 Å². The van der Waals surface area contributed by atoms with Crippen molar-refractivity contribution in [1.29, 1.82) is 0 Å². The number of amides is 1. The van der Waals surface area contributed by atoms with Crippen LogP contribution in [0.5, 0.6) is 0 Å². The number of hydrogen-bond donors (Lipinski definition) is 1. The van der Waals surface area contributed by atoms with E-state index in [-0.39, 0.29) is 5.91 Å². The number of carbonyl (C=O) groups is 1. The van der Waals surface area contributed by atoms with E-state index in [1.807, 2.05) is 54.1 Å². The molecule has 1 aromatic carbocycles. The van der Waals surface area contributed by atoms with Crippen LogP contribution < -0.4 is 5.32 Å². The number of nitrogens with one attached hydrogen (secondary N) is 1. The molecule has 0 spiro atoms. The highest BCUT2D eigenvalue weighted by Crippen LogP contribution is 2.22. The summed E-state index contributed by atoms with van der Waals surface area (Å²) < 4.78 is 1.94. The summed E-state index contributed by atoms with van der Waals surface area (Å²) in [6.07, 6.45) is 2.03. The molecule has 0 atom stereocenters. The van der Waals surface area contributed by atoms with Gasteiger partial charge >= 0.3 is 0 Å². The van der Waals surface area contributed by atoms with Crippen LogP contribution in [0.2, 0.25) is 0 Å². The summed E-state index contributed by atoms with van der Waals surface area (Å²) in [5.41, 5.74) is 1.02. The quantitative estimate of drug-likeness (QED) is 0.699. The van der Waals surface area contributed by atoms with Crippen molar-refractivity contribution >= 4 is 23.5 Å². The van der Waals surface area contributed by atoms with Crippen molar-refractivity contribution in [2.24, 2.45) is 7.05 Å². The smallest absolute Gasteiger partial charge is 0.226 e. The molecule has 0 saturated carbocycles. The van der Waals surface area contributed by atoms with Gasteiger partial charge in [0.25, 0.3) is 0 Å². The monoisotopic (exact) mass is 339 g/mol. The van der Waals surface area contributed by atoms with Crippen molar-refractivity contribution in [1.82, 2.24) is 19.7 Å². The van der Waals surface area contributed by atoms with E-state index in [0.717, 1.165) is 16.5 Å². The van der Waals surface area contributed by atoms with Gasteiger partial charge in [-0.05, 0) is 12.1 Å². The number of hydrogen-bond acceptors (Lipinski definition) is 5. The summed E-state index contributed by atoms with van der Waals surface area (Å²) in [7, 11) is 1.93. The second kappa shape index (κ2) is 7.74. The predicted octanol–water partition coefficient (Wildman–Crippen LogP) is 3.00. The Morgan fingerprint density at radius 3 is 2.67 bits per heavy atom. The first-order chi connectivity index (χ1) is 11.7. The van der Waals surface area contributed by atoms with E-state index in [2.05, 4.69) is 20.5 Å². The van der Waals surface area contributed by atoms with Crippen molar-refractivity contribution in [2.75, 3.05) is 11.1 Å². The van der Waals surface area contributed by atoms with Crippen molar-refractivity contribution in [3.8, 4) is 11.4 Å². The van der Waals surface area contributed by atoms with Crippen LogP contribution in [0.15, 0.2) is 59.9 Å². The Kier molecular flexibility index (Phi) is 5.22. The van der Waals surface area contributed by atoms with Gasteiger partial charge in [0.2, 0.25) is 5.91 Å². The Morgan fingerprint density at radius 1 is 1.12 bits per heavy atom. The standard InChI is InChI=1S/C17H17N5OS/c1-22-16(13-7-3-2-4-8-13)20-21-17(22)24-12-10-15(23)19-14-9-5-6-11-18-14/h2-9,11H,10,12H2,1H3,(H,18,19,23). The number of thioether (sulfide) groups is 1. The van der Waals surface area contributed by atoms with E-state index < -0.39 is 0 Å². The van der Waals surface area contributed by atoms with Gasteiger partial charge in [0.15, 0.2) is 11.0 Å². The Hall–Kier alpha value is -2.67. The first kappa shape index (κ1) is 16.2. The fourth-order valence-corrected chi connectivity index (χ4v) is 3.00. The average Bonchev–Trinajstić information content (AvgIpc) is 2.97. The lowest BCUT2D eigenvalue weighted by Gasteiger charge is -2.05. The molecule has 0 bridgehead atoms. The number of nitrogens with zero attached hydrogens (tertiary/aromatic N) is 4. The maximum absolute atomic E-state index is 11.9. The number of aromatic nitrogens is 4. The van der Waals surface area contributed by atoms with Crippen LogP contribution in [0.1, 0.15) is 6.42 Å². The van der Waals surface area contributed by atoms with E-state index in [1.54, 1.807) is 12.3 Å². The molecule has 1 N–H and O–H groups in total. The molecule has 0 aliphatic heterocycles. The zero-order valence-electron chi connectivity index (χ0n) is 13.2. The number of pyridine rings is 1. The zero-order valence-corrected chi connectivity index (χ0v) is 14.0. The highest BCUT2D eigenvalue weighted by atomic mass is 32.2. The zero-order chi connectivity index (χ0) is 16.8. The summed E-state index contributed by atoms with van der Waals surface area (Å²) in [6.45, 7) is 0. The third-order valence-electron chi connectivity index (χ3n) is 3.36. The molecule has 0 aliphatic rings. The van der Waals surface area contributed by atoms with Crippen LogP contribution in [0.3, 0.4) is 0 Å².